The van der Waals surface area contributed by atoms with Crippen molar-refractivity contribution in [1.29, 1.82) is 0 Å². The van der Waals surface area contributed by atoms with Crippen LogP contribution in [0.2, 0.25) is 0 Å². The summed E-state index contributed by atoms with van der Waals surface area (Å²) in [6.07, 6.45) is 3.73. The lowest BCUT2D eigenvalue weighted by molar-refractivity contribution is -0.137. The molecule has 0 fully saturated rings. The van der Waals surface area contributed by atoms with E-state index in [0.717, 1.165) is 0 Å². The minimum atomic E-state index is -0.796. The summed E-state index contributed by atoms with van der Waals surface area (Å²) < 4.78 is 0. The number of hydrogen-bond acceptors (Lipinski definition) is 3. The van der Waals surface area contributed by atoms with E-state index in [-0.39, 0.29) is 6.54 Å². The van der Waals surface area contributed by atoms with Gasteiger partial charge in [-0.25, -0.2) is 0 Å². The minimum Gasteiger partial charge on any atom is -0.480 e. The van der Waals surface area contributed by atoms with E-state index in [4.69, 9.17) is 5.11 Å². The third kappa shape index (κ3) is 3.13. The molecular formula is C7H9NO2S. The summed E-state index contributed by atoms with van der Waals surface area (Å²) in [4.78, 5) is 12.0. The molecule has 11 heavy (non-hydrogen) atoms. The Kier molecular flexibility index (Phi) is 3.04. The first kappa shape index (κ1) is 8.20. The zero-order valence-corrected chi connectivity index (χ0v) is 6.75. The van der Waals surface area contributed by atoms with E-state index in [1.165, 1.54) is 0 Å². The van der Waals surface area contributed by atoms with E-state index in [1.54, 1.807) is 22.9 Å². The summed E-state index contributed by atoms with van der Waals surface area (Å²) in [5.41, 5.74) is 0. The van der Waals surface area contributed by atoms with Crippen LogP contribution in [0.15, 0.2) is 23.1 Å². The van der Waals surface area contributed by atoms with Crippen LogP contribution < -0.4 is 0 Å². The average Bonchev–Trinajstić information content (AvgIpc) is 2.14. The van der Waals surface area contributed by atoms with Gasteiger partial charge in [-0.15, -0.1) is 11.8 Å². The standard InChI is InChI=1S/C7H9NO2S/c9-7(10)6-8-2-1-4-11-5-3-8/h1,3-5H,2,6H2,(H,9,10). The van der Waals surface area contributed by atoms with Crippen molar-refractivity contribution in [2.24, 2.45) is 0 Å². The first-order valence-electron chi connectivity index (χ1n) is 3.22. The van der Waals surface area contributed by atoms with Crippen molar-refractivity contribution in [3.8, 4) is 0 Å². The molecule has 0 radical (unpaired) electrons. The van der Waals surface area contributed by atoms with Crippen molar-refractivity contribution >= 4 is 17.7 Å². The van der Waals surface area contributed by atoms with E-state index in [2.05, 4.69) is 0 Å². The quantitative estimate of drug-likeness (QED) is 0.675. The fraction of sp³-hybridized carbons (Fsp3) is 0.286. The minimum absolute atomic E-state index is 0.0708. The van der Waals surface area contributed by atoms with Gasteiger partial charge in [-0.2, -0.15) is 0 Å². The summed E-state index contributed by atoms with van der Waals surface area (Å²) in [6, 6.07) is 0. The SMILES string of the molecule is O=C(O)CN1C=CSC=CC1. The van der Waals surface area contributed by atoms with Gasteiger partial charge in [-0.05, 0) is 10.8 Å². The molecule has 60 valence electrons. The Morgan fingerprint density at radius 1 is 1.64 bits per heavy atom. The maximum atomic E-state index is 10.3. The van der Waals surface area contributed by atoms with Crippen LogP contribution in [0.5, 0.6) is 0 Å². The van der Waals surface area contributed by atoms with Crippen molar-refractivity contribution in [2.75, 3.05) is 13.1 Å². The Morgan fingerprint density at radius 3 is 3.18 bits per heavy atom. The van der Waals surface area contributed by atoms with Gasteiger partial charge in [0.25, 0.3) is 0 Å². The molecule has 1 N–H and O–H groups in total. The summed E-state index contributed by atoms with van der Waals surface area (Å²) in [6.45, 7) is 0.747. The lowest BCUT2D eigenvalue weighted by Crippen LogP contribution is -2.24. The van der Waals surface area contributed by atoms with Crippen molar-refractivity contribution in [2.45, 2.75) is 0 Å². The largest absolute Gasteiger partial charge is 0.480 e. The van der Waals surface area contributed by atoms with Crippen LogP contribution in [0.3, 0.4) is 0 Å². The Hall–Kier alpha value is -0.900. The topological polar surface area (TPSA) is 40.5 Å². The summed E-state index contributed by atoms with van der Waals surface area (Å²) in [7, 11) is 0. The highest BCUT2D eigenvalue weighted by Crippen LogP contribution is 2.09. The number of aliphatic carboxylic acids is 1. The van der Waals surface area contributed by atoms with Gasteiger partial charge in [0.1, 0.15) is 6.54 Å². The first-order chi connectivity index (χ1) is 5.29. The van der Waals surface area contributed by atoms with Crippen molar-refractivity contribution in [3.63, 3.8) is 0 Å². The zero-order chi connectivity index (χ0) is 8.10. The smallest absolute Gasteiger partial charge is 0.323 e. The normalized spacial score (nSPS) is 16.5. The fourth-order valence-electron chi connectivity index (χ4n) is 0.752. The molecule has 0 spiro atoms. The highest BCUT2D eigenvalue weighted by atomic mass is 32.2. The molecular weight excluding hydrogens is 162 g/mol. The number of rotatable bonds is 2. The van der Waals surface area contributed by atoms with Crippen LogP contribution in [0.1, 0.15) is 0 Å². The molecule has 0 aromatic carbocycles. The average molecular weight is 171 g/mol. The third-order valence-electron chi connectivity index (χ3n) is 1.20. The van der Waals surface area contributed by atoms with E-state index in [9.17, 15) is 4.79 Å². The second-order valence-corrected chi connectivity index (χ2v) is 2.93. The molecule has 3 nitrogen and oxygen atoms in total. The molecule has 0 saturated carbocycles. The van der Waals surface area contributed by atoms with Crippen molar-refractivity contribution in [3.05, 3.63) is 23.1 Å². The number of carboxylic acids is 1. The van der Waals surface area contributed by atoms with E-state index in [0.29, 0.717) is 6.54 Å². The predicted molar refractivity (Wildman–Crippen MR) is 45.1 cm³/mol. The number of hydrogen-bond donors (Lipinski definition) is 1. The first-order valence-corrected chi connectivity index (χ1v) is 4.16. The van der Waals surface area contributed by atoms with Crippen molar-refractivity contribution in [1.82, 2.24) is 4.90 Å². The Bertz CT molecular complexity index is 201. The second kappa shape index (κ2) is 4.08. The highest BCUT2D eigenvalue weighted by molar-refractivity contribution is 8.04. The van der Waals surface area contributed by atoms with E-state index < -0.39 is 5.97 Å². The molecule has 0 unspecified atom stereocenters. The monoisotopic (exact) mass is 171 g/mol. The molecule has 0 aromatic heterocycles. The maximum absolute atomic E-state index is 10.3. The third-order valence-corrected chi connectivity index (χ3v) is 1.83. The molecule has 1 rings (SSSR count). The van der Waals surface area contributed by atoms with Gasteiger partial charge < -0.3 is 10.0 Å². The highest BCUT2D eigenvalue weighted by Gasteiger charge is 2.03. The summed E-state index contributed by atoms with van der Waals surface area (Å²) in [5, 5.41) is 12.3. The van der Waals surface area contributed by atoms with Crippen LogP contribution in [0.25, 0.3) is 0 Å². The molecule has 1 aliphatic heterocycles. The van der Waals surface area contributed by atoms with Crippen LogP contribution in [-0.4, -0.2) is 29.1 Å². The second-order valence-electron chi connectivity index (χ2n) is 2.12. The van der Waals surface area contributed by atoms with Gasteiger partial charge >= 0.3 is 5.97 Å². The van der Waals surface area contributed by atoms with Gasteiger partial charge in [-0.3, -0.25) is 4.79 Å². The molecule has 0 aromatic rings. The van der Waals surface area contributed by atoms with Gasteiger partial charge in [-0.1, -0.05) is 6.08 Å². The molecule has 0 amide bonds. The van der Waals surface area contributed by atoms with Gasteiger partial charge in [0, 0.05) is 12.7 Å². The summed E-state index contributed by atoms with van der Waals surface area (Å²) in [5.74, 6) is -0.796. The molecule has 0 aliphatic carbocycles. The van der Waals surface area contributed by atoms with Gasteiger partial charge in [0.2, 0.25) is 0 Å². The molecule has 1 aliphatic rings. The fourth-order valence-corrected chi connectivity index (χ4v) is 1.28. The summed E-state index contributed by atoms with van der Waals surface area (Å²) >= 11 is 1.55. The Morgan fingerprint density at radius 2 is 2.45 bits per heavy atom. The Balaban J connectivity index is 2.44. The van der Waals surface area contributed by atoms with Crippen LogP contribution >= 0.6 is 11.8 Å². The van der Waals surface area contributed by atoms with Gasteiger partial charge in [0.15, 0.2) is 0 Å². The maximum Gasteiger partial charge on any atom is 0.323 e. The van der Waals surface area contributed by atoms with E-state index in [1.807, 2.05) is 16.9 Å². The number of carbonyl (C=O) groups is 1. The predicted octanol–water partition coefficient (Wildman–Crippen LogP) is 1.10. The Labute approximate surface area is 69.4 Å². The molecule has 0 saturated heterocycles. The number of thioether (sulfide) groups is 1. The van der Waals surface area contributed by atoms with Crippen LogP contribution in [-0.2, 0) is 4.79 Å². The van der Waals surface area contributed by atoms with Crippen molar-refractivity contribution < 1.29 is 9.90 Å². The van der Waals surface area contributed by atoms with Crippen LogP contribution in [0, 0.1) is 0 Å². The van der Waals surface area contributed by atoms with Crippen LogP contribution in [0.4, 0.5) is 0 Å². The lowest BCUT2D eigenvalue weighted by Gasteiger charge is -2.13. The van der Waals surface area contributed by atoms with E-state index >= 15 is 0 Å². The number of carboxylic acid groups (broad SMARTS) is 1. The molecule has 4 heteroatoms. The zero-order valence-electron chi connectivity index (χ0n) is 5.93. The number of nitrogens with zero attached hydrogens (tertiary/aromatic N) is 1. The molecule has 1 heterocycles. The lowest BCUT2D eigenvalue weighted by atomic mass is 10.5. The molecule has 0 bridgehead atoms. The van der Waals surface area contributed by atoms with Gasteiger partial charge in [0.05, 0.1) is 0 Å². The molecule has 0 atom stereocenters.